The minimum absolute atomic E-state index is 0.128. The van der Waals surface area contributed by atoms with Gasteiger partial charge in [0.2, 0.25) is 0 Å². The van der Waals surface area contributed by atoms with Crippen LogP contribution in [0, 0.1) is 17.5 Å². The Kier molecular flexibility index (Phi) is 3.68. The lowest BCUT2D eigenvalue weighted by Gasteiger charge is -2.18. The molecule has 0 unspecified atom stereocenters. The Morgan fingerprint density at radius 3 is 2.62 bits per heavy atom. The number of aromatic nitrogens is 2. The monoisotopic (exact) mass is 359 g/mol. The fourth-order valence-corrected chi connectivity index (χ4v) is 3.00. The fraction of sp³-hybridized carbons (Fsp3) is 0.111. The summed E-state index contributed by atoms with van der Waals surface area (Å²) in [6.07, 6.45) is 0.171. The third-order valence-corrected chi connectivity index (χ3v) is 4.20. The van der Waals surface area contributed by atoms with Gasteiger partial charge in [0.25, 0.3) is 5.91 Å². The largest absolute Gasteiger partial charge is 0.511 e. The van der Waals surface area contributed by atoms with E-state index in [1.807, 2.05) is 0 Å². The number of aliphatic hydroxyl groups excluding tert-OH is 1. The molecule has 5 nitrogen and oxygen atoms in total. The third kappa shape index (κ3) is 2.59. The molecule has 132 valence electrons. The number of nitrogens with one attached hydrogen (secondary N) is 1. The molecule has 0 saturated heterocycles. The lowest BCUT2D eigenvalue weighted by molar-refractivity contribution is -0.111. The number of aryl methyl sites for hydroxylation is 1. The lowest BCUT2D eigenvalue weighted by atomic mass is 10.1. The smallest absolute Gasteiger partial charge is 0.262 e. The van der Waals surface area contributed by atoms with Crippen LogP contribution in [-0.4, -0.2) is 20.6 Å². The van der Waals surface area contributed by atoms with Crippen LogP contribution >= 0.6 is 0 Å². The van der Waals surface area contributed by atoms with Crippen molar-refractivity contribution < 1.29 is 23.1 Å². The van der Waals surface area contributed by atoms with Gasteiger partial charge in [-0.1, -0.05) is 0 Å². The zero-order chi connectivity index (χ0) is 18.4. The van der Waals surface area contributed by atoms with Crippen molar-refractivity contribution in [2.75, 3.05) is 5.32 Å². The van der Waals surface area contributed by atoms with Crippen LogP contribution in [0.15, 0.2) is 42.2 Å². The number of benzene rings is 2. The van der Waals surface area contributed by atoms with Crippen LogP contribution in [0.1, 0.15) is 12.2 Å². The van der Waals surface area contributed by atoms with Crippen LogP contribution in [-0.2, 0) is 11.3 Å². The van der Waals surface area contributed by atoms with Crippen LogP contribution in [0.4, 0.5) is 18.9 Å². The number of amides is 1. The minimum atomic E-state index is -0.940. The van der Waals surface area contributed by atoms with Crippen LogP contribution in [0.2, 0.25) is 0 Å². The van der Waals surface area contributed by atoms with Gasteiger partial charge in [-0.2, -0.15) is 0 Å². The number of carbonyl (C=O) groups excluding carboxylic acids is 1. The van der Waals surface area contributed by atoms with Crippen molar-refractivity contribution in [3.8, 4) is 0 Å². The van der Waals surface area contributed by atoms with Crippen LogP contribution in [0.25, 0.3) is 16.6 Å². The lowest BCUT2D eigenvalue weighted by Crippen LogP contribution is -2.22. The molecular formula is C18H12F3N3O2. The van der Waals surface area contributed by atoms with Crippen LogP contribution < -0.4 is 5.32 Å². The number of aliphatic hydroxyl groups is 1. The van der Waals surface area contributed by atoms with Crippen molar-refractivity contribution in [1.82, 2.24) is 9.55 Å². The Morgan fingerprint density at radius 2 is 1.85 bits per heavy atom. The molecule has 1 aliphatic heterocycles. The molecule has 1 aromatic heterocycles. The van der Waals surface area contributed by atoms with Crippen molar-refractivity contribution in [2.45, 2.75) is 13.0 Å². The van der Waals surface area contributed by atoms with Crippen molar-refractivity contribution in [2.24, 2.45) is 0 Å². The second kappa shape index (κ2) is 5.91. The summed E-state index contributed by atoms with van der Waals surface area (Å²) in [5.41, 5.74) is 0.604. The number of halogens is 3. The Balaban J connectivity index is 1.76. The van der Waals surface area contributed by atoms with E-state index in [1.54, 1.807) is 10.6 Å². The minimum Gasteiger partial charge on any atom is -0.511 e. The van der Waals surface area contributed by atoms with Gasteiger partial charge in [-0.15, -0.1) is 0 Å². The molecule has 8 heteroatoms. The quantitative estimate of drug-likeness (QED) is 0.732. The summed E-state index contributed by atoms with van der Waals surface area (Å²) in [5, 5.41) is 12.5. The Hall–Kier alpha value is -3.29. The highest BCUT2D eigenvalue weighted by molar-refractivity contribution is 6.25. The predicted molar refractivity (Wildman–Crippen MR) is 88.8 cm³/mol. The first kappa shape index (κ1) is 16.2. The van der Waals surface area contributed by atoms with Gasteiger partial charge in [-0.25, -0.2) is 18.2 Å². The van der Waals surface area contributed by atoms with Gasteiger partial charge in [0.15, 0.2) is 0 Å². The van der Waals surface area contributed by atoms with Gasteiger partial charge in [0.05, 0.1) is 16.7 Å². The average molecular weight is 359 g/mol. The van der Waals surface area contributed by atoms with E-state index in [9.17, 15) is 23.1 Å². The molecule has 2 heterocycles. The number of anilines is 1. The molecule has 1 amide bonds. The van der Waals surface area contributed by atoms with Crippen molar-refractivity contribution in [3.05, 3.63) is 65.4 Å². The average Bonchev–Trinajstić information content (AvgIpc) is 2.94. The van der Waals surface area contributed by atoms with Gasteiger partial charge in [-0.3, -0.25) is 4.79 Å². The Labute approximate surface area is 145 Å². The first-order valence-corrected chi connectivity index (χ1v) is 7.78. The molecule has 0 fully saturated rings. The molecule has 0 atom stereocenters. The molecule has 0 saturated carbocycles. The summed E-state index contributed by atoms with van der Waals surface area (Å²) in [7, 11) is 0. The van der Waals surface area contributed by atoms with E-state index in [2.05, 4.69) is 10.3 Å². The maximum atomic E-state index is 13.8. The molecule has 4 rings (SSSR count). The zero-order valence-electron chi connectivity index (χ0n) is 13.3. The highest BCUT2D eigenvalue weighted by Gasteiger charge is 2.28. The van der Waals surface area contributed by atoms with Gasteiger partial charge < -0.3 is 15.0 Å². The highest BCUT2D eigenvalue weighted by Crippen LogP contribution is 2.31. The number of imidazole rings is 1. The maximum absolute atomic E-state index is 13.8. The third-order valence-electron chi connectivity index (χ3n) is 4.20. The van der Waals surface area contributed by atoms with E-state index in [0.29, 0.717) is 23.6 Å². The number of hydrogen-bond donors (Lipinski definition) is 2. The number of hydrogen-bond acceptors (Lipinski definition) is 3. The standard InChI is InChI=1S/C18H12F3N3O2/c19-9-1-3-12(11(21)7-9)23-18(26)16-15(25)5-6-24-14-4-2-10(20)8-13(14)22-17(16)24/h1-4,7-8,25H,5-6H2,(H,23,26). The molecular weight excluding hydrogens is 347 g/mol. The SMILES string of the molecule is O=C(Nc1ccc(F)cc1F)C1=C(O)CCn2c1nc1cc(F)ccc12. The molecule has 0 spiro atoms. The van der Waals surface area contributed by atoms with E-state index in [4.69, 9.17) is 0 Å². The van der Waals surface area contributed by atoms with Gasteiger partial charge in [0, 0.05) is 25.1 Å². The van der Waals surface area contributed by atoms with Crippen molar-refractivity contribution in [1.29, 1.82) is 0 Å². The summed E-state index contributed by atoms with van der Waals surface area (Å²) in [6, 6.07) is 6.78. The number of carbonyl (C=O) groups is 1. The summed E-state index contributed by atoms with van der Waals surface area (Å²) in [6.45, 7) is 0.366. The number of allylic oxidation sites excluding steroid dienone is 1. The normalized spacial score (nSPS) is 13.8. The summed E-state index contributed by atoms with van der Waals surface area (Å²) in [5.74, 6) is -3.01. The van der Waals surface area contributed by atoms with E-state index < -0.39 is 23.4 Å². The number of nitrogens with zero attached hydrogens (tertiary/aromatic N) is 2. The molecule has 2 aromatic carbocycles. The van der Waals surface area contributed by atoms with Crippen molar-refractivity contribution in [3.63, 3.8) is 0 Å². The van der Waals surface area contributed by atoms with Gasteiger partial charge >= 0.3 is 0 Å². The van der Waals surface area contributed by atoms with E-state index in [0.717, 1.165) is 12.1 Å². The second-order valence-electron chi connectivity index (χ2n) is 5.87. The fourth-order valence-electron chi connectivity index (χ4n) is 3.00. The predicted octanol–water partition coefficient (Wildman–Crippen LogP) is 3.77. The number of fused-ring (bicyclic) bond motifs is 3. The maximum Gasteiger partial charge on any atom is 0.262 e. The molecule has 0 radical (unpaired) electrons. The highest BCUT2D eigenvalue weighted by atomic mass is 19.1. The second-order valence-corrected chi connectivity index (χ2v) is 5.87. The van der Waals surface area contributed by atoms with Crippen LogP contribution in [0.3, 0.4) is 0 Å². The van der Waals surface area contributed by atoms with E-state index in [1.165, 1.54) is 12.1 Å². The summed E-state index contributed by atoms with van der Waals surface area (Å²) < 4.78 is 41.9. The molecule has 0 aliphatic carbocycles. The molecule has 1 aliphatic rings. The van der Waals surface area contributed by atoms with E-state index in [-0.39, 0.29) is 29.3 Å². The first-order valence-electron chi connectivity index (χ1n) is 7.78. The van der Waals surface area contributed by atoms with Crippen molar-refractivity contribution >= 4 is 28.2 Å². The Morgan fingerprint density at radius 1 is 1.12 bits per heavy atom. The topological polar surface area (TPSA) is 67.2 Å². The van der Waals surface area contributed by atoms with Crippen LogP contribution in [0.5, 0.6) is 0 Å². The molecule has 0 bridgehead atoms. The summed E-state index contributed by atoms with van der Waals surface area (Å²) in [4.78, 5) is 16.8. The number of rotatable bonds is 2. The molecule has 3 aromatic rings. The van der Waals surface area contributed by atoms with Gasteiger partial charge in [0.1, 0.15) is 34.6 Å². The first-order chi connectivity index (χ1) is 12.4. The van der Waals surface area contributed by atoms with Gasteiger partial charge in [-0.05, 0) is 24.3 Å². The van der Waals surface area contributed by atoms with E-state index >= 15 is 0 Å². The zero-order valence-corrected chi connectivity index (χ0v) is 13.3. The summed E-state index contributed by atoms with van der Waals surface area (Å²) >= 11 is 0. The molecule has 26 heavy (non-hydrogen) atoms. The molecule has 2 N–H and O–H groups in total. The Bertz CT molecular complexity index is 1090.